The van der Waals surface area contributed by atoms with E-state index in [1.165, 1.54) is 0 Å². The van der Waals surface area contributed by atoms with Gasteiger partial charge in [0.2, 0.25) is 11.8 Å². The minimum Gasteiger partial charge on any atom is -0.350 e. The average Bonchev–Trinajstić information content (AvgIpc) is 3.09. The Morgan fingerprint density at radius 1 is 1.48 bits per heavy atom. The second-order valence-corrected chi connectivity index (χ2v) is 5.85. The minimum atomic E-state index is -0.263. The summed E-state index contributed by atoms with van der Waals surface area (Å²) in [4.78, 5) is 33.3. The highest BCUT2D eigenvalue weighted by Crippen LogP contribution is 2.25. The molecule has 0 aliphatic carbocycles. The largest absolute Gasteiger partial charge is 0.350 e. The number of benzene rings is 1. The molecule has 2 aromatic rings. The number of likely N-dealkylation sites (tertiary alicyclic amines) is 1. The SMILES string of the molecule is Cc1nc2ccc(CC(=O)N3C[C@@H]4C[C@H]3C(=O)N4)cc2[nH]1. The van der Waals surface area contributed by atoms with Crippen LogP contribution in [0.3, 0.4) is 0 Å². The highest BCUT2D eigenvalue weighted by atomic mass is 16.2. The van der Waals surface area contributed by atoms with E-state index in [-0.39, 0.29) is 23.9 Å². The summed E-state index contributed by atoms with van der Waals surface area (Å²) in [5, 5.41) is 2.88. The lowest BCUT2D eigenvalue weighted by molar-refractivity contribution is -0.139. The first kappa shape index (κ1) is 12.4. The number of hydrogen-bond acceptors (Lipinski definition) is 3. The zero-order valence-corrected chi connectivity index (χ0v) is 11.7. The van der Waals surface area contributed by atoms with E-state index in [9.17, 15) is 9.59 Å². The number of nitrogens with zero attached hydrogens (tertiary/aromatic N) is 2. The van der Waals surface area contributed by atoms with Gasteiger partial charge in [-0.1, -0.05) is 6.07 Å². The summed E-state index contributed by atoms with van der Waals surface area (Å²) in [6.07, 6.45) is 1.08. The number of fused-ring (bicyclic) bond motifs is 3. The molecule has 2 amide bonds. The van der Waals surface area contributed by atoms with Crippen molar-refractivity contribution in [1.82, 2.24) is 20.2 Å². The van der Waals surface area contributed by atoms with E-state index in [1.807, 2.05) is 25.1 Å². The Kier molecular flexibility index (Phi) is 2.54. The third kappa shape index (κ3) is 1.98. The molecular weight excluding hydrogens is 268 g/mol. The van der Waals surface area contributed by atoms with Crippen molar-refractivity contribution in [2.24, 2.45) is 0 Å². The molecule has 2 aliphatic rings. The van der Waals surface area contributed by atoms with Gasteiger partial charge >= 0.3 is 0 Å². The molecular formula is C15H16N4O2. The molecule has 6 heteroatoms. The van der Waals surface area contributed by atoms with Crippen molar-refractivity contribution in [3.05, 3.63) is 29.6 Å². The zero-order valence-electron chi connectivity index (χ0n) is 11.7. The van der Waals surface area contributed by atoms with Crippen molar-refractivity contribution in [2.75, 3.05) is 6.54 Å². The molecule has 6 nitrogen and oxygen atoms in total. The maximum atomic E-state index is 12.4. The Bertz CT molecular complexity index is 751. The van der Waals surface area contributed by atoms with E-state index >= 15 is 0 Å². The normalized spacial score (nSPS) is 23.9. The molecule has 2 atom stereocenters. The highest BCUT2D eigenvalue weighted by molar-refractivity contribution is 5.92. The number of carbonyl (C=O) groups excluding carboxylic acids is 2. The fourth-order valence-electron chi connectivity index (χ4n) is 3.33. The van der Waals surface area contributed by atoms with Crippen LogP contribution in [-0.2, 0) is 16.0 Å². The minimum absolute atomic E-state index is 0.0146. The van der Waals surface area contributed by atoms with Gasteiger partial charge < -0.3 is 15.2 Å². The number of amides is 2. The Hall–Kier alpha value is -2.37. The van der Waals surface area contributed by atoms with Crippen LogP contribution in [0, 0.1) is 6.92 Å². The van der Waals surface area contributed by atoms with Crippen LogP contribution in [0.2, 0.25) is 0 Å². The van der Waals surface area contributed by atoms with Gasteiger partial charge in [0.15, 0.2) is 0 Å². The van der Waals surface area contributed by atoms with Crippen molar-refractivity contribution >= 4 is 22.8 Å². The Labute approximate surface area is 121 Å². The van der Waals surface area contributed by atoms with E-state index in [0.29, 0.717) is 13.0 Å². The summed E-state index contributed by atoms with van der Waals surface area (Å²) in [5.74, 6) is 0.870. The molecule has 3 heterocycles. The van der Waals surface area contributed by atoms with Gasteiger partial charge in [0.25, 0.3) is 0 Å². The number of nitrogens with one attached hydrogen (secondary N) is 2. The number of aryl methyl sites for hydroxylation is 1. The Morgan fingerprint density at radius 3 is 3.10 bits per heavy atom. The van der Waals surface area contributed by atoms with Gasteiger partial charge in [0.1, 0.15) is 11.9 Å². The van der Waals surface area contributed by atoms with Crippen molar-refractivity contribution < 1.29 is 9.59 Å². The maximum absolute atomic E-state index is 12.4. The van der Waals surface area contributed by atoms with Gasteiger partial charge in [-0.05, 0) is 31.0 Å². The number of aromatic amines is 1. The number of carbonyl (C=O) groups is 2. The van der Waals surface area contributed by atoms with Crippen LogP contribution in [0.5, 0.6) is 0 Å². The number of imidazole rings is 1. The van der Waals surface area contributed by atoms with Gasteiger partial charge in [-0.25, -0.2) is 4.98 Å². The standard InChI is InChI=1S/C15H16N4O2/c1-8-16-11-3-2-9(4-12(11)17-8)5-14(20)19-7-10-6-13(19)15(21)18-10/h2-4,10,13H,5-7H2,1H3,(H,16,17)(H,18,21)/t10-,13-/m0/s1. The molecule has 0 radical (unpaired) electrons. The van der Waals surface area contributed by atoms with Gasteiger partial charge in [-0.2, -0.15) is 0 Å². The van der Waals surface area contributed by atoms with Gasteiger partial charge in [0, 0.05) is 12.6 Å². The molecule has 2 fully saturated rings. The van der Waals surface area contributed by atoms with Crippen LogP contribution in [0.15, 0.2) is 18.2 Å². The molecule has 2 bridgehead atoms. The van der Waals surface area contributed by atoms with E-state index < -0.39 is 0 Å². The fraction of sp³-hybridized carbons (Fsp3) is 0.400. The maximum Gasteiger partial charge on any atom is 0.243 e. The lowest BCUT2D eigenvalue weighted by atomic mass is 10.1. The van der Waals surface area contributed by atoms with E-state index in [0.717, 1.165) is 28.8 Å². The molecule has 2 N–H and O–H groups in total. The second-order valence-electron chi connectivity index (χ2n) is 5.85. The number of aromatic nitrogens is 2. The van der Waals surface area contributed by atoms with Crippen molar-refractivity contribution in [2.45, 2.75) is 31.8 Å². The predicted octanol–water partition coefficient (Wildman–Crippen LogP) is 0.513. The molecule has 0 saturated carbocycles. The summed E-state index contributed by atoms with van der Waals surface area (Å²) in [6, 6.07) is 5.69. The fourth-order valence-corrected chi connectivity index (χ4v) is 3.33. The number of rotatable bonds is 2. The molecule has 108 valence electrons. The second kappa shape index (κ2) is 4.31. The van der Waals surface area contributed by atoms with Crippen molar-refractivity contribution in [3.63, 3.8) is 0 Å². The van der Waals surface area contributed by atoms with E-state index in [4.69, 9.17) is 0 Å². The summed E-state index contributed by atoms with van der Waals surface area (Å²) in [6.45, 7) is 2.55. The smallest absolute Gasteiger partial charge is 0.243 e. The van der Waals surface area contributed by atoms with Crippen LogP contribution < -0.4 is 5.32 Å². The van der Waals surface area contributed by atoms with Gasteiger partial charge in [0.05, 0.1) is 17.5 Å². The number of piperazine rings is 1. The van der Waals surface area contributed by atoms with Crippen LogP contribution in [0.1, 0.15) is 17.8 Å². The van der Waals surface area contributed by atoms with Crippen LogP contribution in [0.4, 0.5) is 0 Å². The topological polar surface area (TPSA) is 78.1 Å². The summed E-state index contributed by atoms with van der Waals surface area (Å²) < 4.78 is 0. The molecule has 1 aromatic carbocycles. The molecule has 0 unspecified atom stereocenters. The lowest BCUT2D eigenvalue weighted by Crippen LogP contribution is -2.50. The first-order chi connectivity index (χ1) is 10.1. The summed E-state index contributed by atoms with van der Waals surface area (Å²) in [7, 11) is 0. The molecule has 4 rings (SSSR count). The van der Waals surface area contributed by atoms with E-state index in [2.05, 4.69) is 15.3 Å². The number of H-pyrrole nitrogens is 1. The molecule has 21 heavy (non-hydrogen) atoms. The van der Waals surface area contributed by atoms with Gasteiger partial charge in [-0.15, -0.1) is 0 Å². The Morgan fingerprint density at radius 2 is 2.33 bits per heavy atom. The Balaban J connectivity index is 1.54. The third-order valence-corrected chi connectivity index (χ3v) is 4.29. The zero-order chi connectivity index (χ0) is 14.6. The average molecular weight is 284 g/mol. The first-order valence-electron chi connectivity index (χ1n) is 7.15. The molecule has 1 aromatic heterocycles. The monoisotopic (exact) mass is 284 g/mol. The van der Waals surface area contributed by atoms with Crippen molar-refractivity contribution in [1.29, 1.82) is 0 Å². The van der Waals surface area contributed by atoms with Gasteiger partial charge in [-0.3, -0.25) is 9.59 Å². The number of hydrogen-bond donors (Lipinski definition) is 2. The molecule has 2 aliphatic heterocycles. The highest BCUT2D eigenvalue weighted by Gasteiger charge is 2.45. The lowest BCUT2D eigenvalue weighted by Gasteiger charge is -2.26. The summed E-state index contributed by atoms with van der Waals surface area (Å²) in [5.41, 5.74) is 2.79. The van der Waals surface area contributed by atoms with Crippen molar-refractivity contribution in [3.8, 4) is 0 Å². The molecule has 0 spiro atoms. The third-order valence-electron chi connectivity index (χ3n) is 4.29. The van der Waals surface area contributed by atoms with Crippen LogP contribution in [0.25, 0.3) is 11.0 Å². The quantitative estimate of drug-likeness (QED) is 0.843. The van der Waals surface area contributed by atoms with Crippen LogP contribution >= 0.6 is 0 Å². The van der Waals surface area contributed by atoms with E-state index in [1.54, 1.807) is 4.90 Å². The van der Waals surface area contributed by atoms with Crippen LogP contribution in [-0.4, -0.2) is 45.3 Å². The predicted molar refractivity (Wildman–Crippen MR) is 76.6 cm³/mol. The molecule has 2 saturated heterocycles. The summed E-state index contributed by atoms with van der Waals surface area (Å²) >= 11 is 0. The first-order valence-corrected chi connectivity index (χ1v) is 7.15.